The first-order valence-electron chi connectivity index (χ1n) is 15.9. The van der Waals surface area contributed by atoms with Gasteiger partial charge in [0, 0.05) is 5.02 Å². The van der Waals surface area contributed by atoms with Crippen molar-refractivity contribution in [2.24, 2.45) is 11.8 Å². The minimum atomic E-state index is -1.44. The molecule has 8 rings (SSSR count). The Bertz CT molecular complexity index is 2010. The van der Waals surface area contributed by atoms with Crippen molar-refractivity contribution in [2.75, 3.05) is 4.90 Å². The summed E-state index contributed by atoms with van der Waals surface area (Å²) in [6, 6.07) is 40.8. The number of imide groups is 1. The van der Waals surface area contributed by atoms with Crippen LogP contribution >= 0.6 is 11.6 Å². The molecule has 3 aliphatic rings. The van der Waals surface area contributed by atoms with Crippen molar-refractivity contribution in [2.45, 2.75) is 31.6 Å². The van der Waals surface area contributed by atoms with Crippen LogP contribution in [0, 0.1) is 32.6 Å². The average molecular weight is 634 g/mol. The van der Waals surface area contributed by atoms with E-state index in [4.69, 9.17) is 11.6 Å². The van der Waals surface area contributed by atoms with Gasteiger partial charge in [-0.05, 0) is 71.9 Å². The van der Waals surface area contributed by atoms with E-state index in [1.54, 1.807) is 12.1 Å². The van der Waals surface area contributed by atoms with Crippen LogP contribution in [0.4, 0.5) is 5.69 Å². The molecule has 5 heteroatoms. The minimum absolute atomic E-state index is 0.132. The van der Waals surface area contributed by atoms with Crippen LogP contribution in [0.25, 0.3) is 11.1 Å². The van der Waals surface area contributed by atoms with Crippen LogP contribution in [0.2, 0.25) is 5.02 Å². The summed E-state index contributed by atoms with van der Waals surface area (Å²) in [5.74, 6) is -2.85. The van der Waals surface area contributed by atoms with E-state index in [1.807, 2.05) is 136 Å². The number of hydrogen-bond acceptors (Lipinski definition) is 3. The van der Waals surface area contributed by atoms with Gasteiger partial charge < -0.3 is 0 Å². The Morgan fingerprint density at radius 2 is 0.979 bits per heavy atom. The van der Waals surface area contributed by atoms with Crippen LogP contribution in [0.5, 0.6) is 0 Å². The van der Waals surface area contributed by atoms with E-state index >= 15 is 14.4 Å². The summed E-state index contributed by atoms with van der Waals surface area (Å²) in [4.78, 5) is 47.6. The van der Waals surface area contributed by atoms with Crippen LogP contribution in [0.3, 0.4) is 0 Å². The number of ketones is 1. The van der Waals surface area contributed by atoms with Crippen LogP contribution in [0.15, 0.2) is 127 Å². The zero-order valence-electron chi connectivity index (χ0n) is 26.3. The number of amides is 2. The Hall–Kier alpha value is -5.06. The molecule has 2 bridgehead atoms. The van der Waals surface area contributed by atoms with Crippen molar-refractivity contribution >= 4 is 46.0 Å². The highest BCUT2D eigenvalue weighted by Gasteiger charge is 2.82. The first-order valence-corrected chi connectivity index (χ1v) is 16.3. The van der Waals surface area contributed by atoms with Gasteiger partial charge in [0.1, 0.15) is 0 Å². The minimum Gasteiger partial charge on any atom is -0.297 e. The van der Waals surface area contributed by atoms with E-state index in [2.05, 4.69) is 0 Å². The van der Waals surface area contributed by atoms with E-state index in [0.717, 1.165) is 39.0 Å². The van der Waals surface area contributed by atoms with Gasteiger partial charge in [-0.2, -0.15) is 0 Å². The molecule has 0 unspecified atom stereocenters. The zero-order valence-corrected chi connectivity index (χ0v) is 27.1. The van der Waals surface area contributed by atoms with Crippen LogP contribution < -0.4 is 4.90 Å². The van der Waals surface area contributed by atoms with Crippen molar-refractivity contribution in [1.82, 2.24) is 0 Å². The Labute approximate surface area is 279 Å². The number of aryl methyl sites for hydroxylation is 3. The number of anilines is 1. The Balaban J connectivity index is 1.56. The van der Waals surface area contributed by atoms with Gasteiger partial charge in [-0.25, -0.2) is 4.90 Å². The first-order chi connectivity index (χ1) is 22.7. The van der Waals surface area contributed by atoms with Crippen LogP contribution in [-0.2, 0) is 25.2 Å². The summed E-state index contributed by atoms with van der Waals surface area (Å²) < 4.78 is 0. The van der Waals surface area contributed by atoms with Crippen molar-refractivity contribution in [1.29, 1.82) is 0 Å². The second-order valence-electron chi connectivity index (χ2n) is 13.1. The zero-order chi connectivity index (χ0) is 32.7. The summed E-state index contributed by atoms with van der Waals surface area (Å²) in [5.41, 5.74) is 5.20. The number of Topliss-reactive ketones (excluding diaryl/α,β-unsaturated/α-hetero) is 1. The smallest absolute Gasteiger partial charge is 0.239 e. The molecule has 230 valence electrons. The number of benzene rings is 5. The van der Waals surface area contributed by atoms with Crippen molar-refractivity contribution in [3.63, 3.8) is 0 Å². The molecule has 2 aliphatic carbocycles. The van der Waals surface area contributed by atoms with Gasteiger partial charge in [0.15, 0.2) is 5.78 Å². The van der Waals surface area contributed by atoms with Gasteiger partial charge >= 0.3 is 0 Å². The number of fused-ring (bicyclic) bond motifs is 5. The van der Waals surface area contributed by atoms with Gasteiger partial charge in [0.2, 0.25) is 11.8 Å². The molecule has 1 saturated carbocycles. The normalized spacial score (nSPS) is 24.8. The molecule has 1 saturated heterocycles. The molecule has 1 heterocycles. The standard InChI is InChI=1S/C42H32ClNO3/c1-25-14-19-28(20-15-25)34-35(29-21-16-26(2)17-22-29)42(31-12-8-5-9-13-31)37-36(41(34,40(42)47)30-10-6-4-7-11-30)38(45)44(39(37)46)33-24-32(43)23-18-27(33)3/h4-24,36-37H,1-3H3/t36-,37+,41-,42-/m1/s1. The highest BCUT2D eigenvalue weighted by molar-refractivity contribution is 6.39. The first kappa shape index (κ1) is 29.3. The maximum Gasteiger partial charge on any atom is 0.239 e. The van der Waals surface area contributed by atoms with Gasteiger partial charge in [0.05, 0.1) is 28.4 Å². The fourth-order valence-corrected chi connectivity index (χ4v) is 8.79. The topological polar surface area (TPSA) is 54.5 Å². The molecule has 0 aromatic heterocycles. The van der Waals surface area contributed by atoms with E-state index in [9.17, 15) is 0 Å². The van der Waals surface area contributed by atoms with Gasteiger partial charge in [-0.15, -0.1) is 0 Å². The largest absolute Gasteiger partial charge is 0.297 e. The molecule has 0 radical (unpaired) electrons. The SMILES string of the molecule is Cc1ccc(C2=C(c3ccc(C)cc3)[C@@]3(c4ccccc4)C(=O)[C@@]2(c2ccccc2)[C@@H]2C(=O)N(c4cc(Cl)ccc4C)C(=O)[C@@H]23)cc1. The molecule has 1 aliphatic heterocycles. The molecule has 4 nitrogen and oxygen atoms in total. The summed E-state index contributed by atoms with van der Waals surface area (Å²) >= 11 is 6.47. The molecule has 5 aromatic carbocycles. The number of allylic oxidation sites excluding steroid dienone is 2. The predicted molar refractivity (Wildman–Crippen MR) is 186 cm³/mol. The van der Waals surface area contributed by atoms with Crippen molar-refractivity contribution in [3.8, 4) is 0 Å². The number of carbonyl (C=O) groups is 3. The van der Waals surface area contributed by atoms with E-state index in [-0.39, 0.29) is 17.6 Å². The fraction of sp³-hybridized carbons (Fsp3) is 0.167. The monoisotopic (exact) mass is 633 g/mol. The molecule has 47 heavy (non-hydrogen) atoms. The third-order valence-electron chi connectivity index (χ3n) is 10.5. The summed E-state index contributed by atoms with van der Waals surface area (Å²) in [6.07, 6.45) is 0. The molecule has 0 spiro atoms. The van der Waals surface area contributed by atoms with E-state index in [0.29, 0.717) is 21.8 Å². The molecular formula is C42H32ClNO3. The lowest BCUT2D eigenvalue weighted by molar-refractivity contribution is -0.130. The second-order valence-corrected chi connectivity index (χ2v) is 13.5. The quantitative estimate of drug-likeness (QED) is 0.183. The molecular weight excluding hydrogens is 602 g/mol. The molecule has 0 N–H and O–H groups in total. The lowest BCUT2D eigenvalue weighted by Crippen LogP contribution is -2.45. The Morgan fingerprint density at radius 1 is 0.553 bits per heavy atom. The maximum absolute atomic E-state index is 16.0. The van der Waals surface area contributed by atoms with E-state index < -0.39 is 22.7 Å². The summed E-state index contributed by atoms with van der Waals surface area (Å²) in [7, 11) is 0. The second kappa shape index (κ2) is 10.5. The van der Waals surface area contributed by atoms with Crippen molar-refractivity contribution in [3.05, 3.63) is 171 Å². The average Bonchev–Trinajstić information content (AvgIpc) is 3.59. The third-order valence-corrected chi connectivity index (χ3v) is 10.8. The van der Waals surface area contributed by atoms with Gasteiger partial charge in [0.25, 0.3) is 0 Å². The van der Waals surface area contributed by atoms with Crippen LogP contribution in [0.1, 0.15) is 38.9 Å². The van der Waals surface area contributed by atoms with Gasteiger partial charge in [-0.3, -0.25) is 14.4 Å². The lowest BCUT2D eigenvalue weighted by Gasteiger charge is -2.39. The lowest BCUT2D eigenvalue weighted by atomic mass is 9.59. The number of rotatable bonds is 5. The third kappa shape index (κ3) is 3.79. The number of carbonyl (C=O) groups excluding carboxylic acids is 3. The molecule has 2 amide bonds. The van der Waals surface area contributed by atoms with Gasteiger partial charge in [-0.1, -0.05) is 138 Å². The van der Waals surface area contributed by atoms with E-state index in [1.165, 1.54) is 4.90 Å². The van der Waals surface area contributed by atoms with Crippen LogP contribution in [-0.4, -0.2) is 17.6 Å². The molecule has 5 aromatic rings. The number of hydrogen-bond donors (Lipinski definition) is 0. The number of nitrogens with zero attached hydrogens (tertiary/aromatic N) is 1. The fourth-order valence-electron chi connectivity index (χ4n) is 8.63. The highest BCUT2D eigenvalue weighted by Crippen LogP contribution is 2.74. The van der Waals surface area contributed by atoms with Crippen molar-refractivity contribution < 1.29 is 14.4 Å². The summed E-state index contributed by atoms with van der Waals surface area (Å²) in [6.45, 7) is 5.93. The Kier molecular flexibility index (Phi) is 6.54. The molecule has 4 atom stereocenters. The molecule has 2 fully saturated rings. The highest BCUT2D eigenvalue weighted by atomic mass is 35.5. The predicted octanol–water partition coefficient (Wildman–Crippen LogP) is 8.45. The Morgan fingerprint density at radius 3 is 1.40 bits per heavy atom. The maximum atomic E-state index is 16.0. The summed E-state index contributed by atoms with van der Waals surface area (Å²) in [5, 5.41) is 0.427. The number of halogens is 1.